The van der Waals surface area contributed by atoms with E-state index in [1.807, 2.05) is 30.3 Å². The molecule has 0 radical (unpaired) electrons. The van der Waals surface area contributed by atoms with Crippen LogP contribution in [0.3, 0.4) is 0 Å². The molecule has 22 heavy (non-hydrogen) atoms. The summed E-state index contributed by atoms with van der Waals surface area (Å²) in [5.74, 6) is -0.509. The van der Waals surface area contributed by atoms with Crippen LogP contribution in [0, 0.1) is 0 Å². The fraction of sp³-hybridized carbons (Fsp3) is 0.188. The number of hydrogen-bond acceptors (Lipinski definition) is 5. The van der Waals surface area contributed by atoms with Crippen molar-refractivity contribution in [2.75, 3.05) is 18.2 Å². The van der Waals surface area contributed by atoms with Gasteiger partial charge in [-0.25, -0.2) is 0 Å². The summed E-state index contributed by atoms with van der Waals surface area (Å²) >= 11 is 1.25. The van der Waals surface area contributed by atoms with E-state index in [0.717, 1.165) is 11.3 Å². The van der Waals surface area contributed by atoms with Crippen LogP contribution in [0.25, 0.3) is 0 Å². The van der Waals surface area contributed by atoms with Crippen molar-refractivity contribution in [2.45, 2.75) is 5.37 Å². The summed E-state index contributed by atoms with van der Waals surface area (Å²) in [4.78, 5) is 10.9. The SMILES string of the molecule is COc1cc(C(Nc2ccccc2)SCC(=O)O)ccc1O. The first-order valence-electron chi connectivity index (χ1n) is 6.62. The lowest BCUT2D eigenvalue weighted by Crippen LogP contribution is -2.10. The first-order valence-corrected chi connectivity index (χ1v) is 7.67. The van der Waals surface area contributed by atoms with Crippen LogP contribution < -0.4 is 10.1 Å². The number of aliphatic carboxylic acids is 1. The van der Waals surface area contributed by atoms with Crippen molar-refractivity contribution in [1.29, 1.82) is 0 Å². The molecular formula is C16H17NO4S. The molecule has 0 aliphatic carbocycles. The van der Waals surface area contributed by atoms with Crippen molar-refractivity contribution in [3.05, 3.63) is 54.1 Å². The quantitative estimate of drug-likeness (QED) is 0.679. The van der Waals surface area contributed by atoms with Gasteiger partial charge in [0.05, 0.1) is 18.2 Å². The van der Waals surface area contributed by atoms with Gasteiger partial charge in [0.1, 0.15) is 0 Å². The highest BCUT2D eigenvalue weighted by Gasteiger charge is 2.16. The summed E-state index contributed by atoms with van der Waals surface area (Å²) in [6.45, 7) is 0. The fourth-order valence-corrected chi connectivity index (χ4v) is 2.79. The summed E-state index contributed by atoms with van der Waals surface area (Å²) in [7, 11) is 1.48. The number of rotatable bonds is 7. The van der Waals surface area contributed by atoms with Crippen molar-refractivity contribution in [2.24, 2.45) is 0 Å². The predicted molar refractivity (Wildman–Crippen MR) is 87.6 cm³/mol. The second-order valence-electron chi connectivity index (χ2n) is 4.53. The molecule has 0 amide bonds. The molecular weight excluding hydrogens is 302 g/mol. The van der Waals surface area contributed by atoms with E-state index in [4.69, 9.17) is 9.84 Å². The van der Waals surface area contributed by atoms with E-state index >= 15 is 0 Å². The highest BCUT2D eigenvalue weighted by molar-refractivity contribution is 8.00. The van der Waals surface area contributed by atoms with Crippen LogP contribution in [-0.4, -0.2) is 29.0 Å². The Morgan fingerprint density at radius 2 is 2.00 bits per heavy atom. The van der Waals surface area contributed by atoms with Gasteiger partial charge in [0.15, 0.2) is 11.5 Å². The Hall–Kier alpha value is -2.34. The smallest absolute Gasteiger partial charge is 0.313 e. The molecule has 0 fully saturated rings. The zero-order chi connectivity index (χ0) is 15.9. The fourth-order valence-electron chi connectivity index (χ4n) is 1.92. The van der Waals surface area contributed by atoms with Crippen molar-refractivity contribution >= 4 is 23.4 Å². The zero-order valence-electron chi connectivity index (χ0n) is 12.0. The number of nitrogens with one attached hydrogen (secondary N) is 1. The number of carboxylic acid groups (broad SMARTS) is 1. The van der Waals surface area contributed by atoms with Gasteiger partial charge in [-0.3, -0.25) is 4.79 Å². The number of methoxy groups -OCH3 is 1. The number of thioether (sulfide) groups is 1. The number of aromatic hydroxyl groups is 1. The molecule has 0 aliphatic heterocycles. The number of benzene rings is 2. The molecule has 0 bridgehead atoms. The zero-order valence-corrected chi connectivity index (χ0v) is 12.8. The maximum Gasteiger partial charge on any atom is 0.313 e. The Balaban J connectivity index is 2.25. The number of para-hydroxylation sites is 1. The molecule has 6 heteroatoms. The second kappa shape index (κ2) is 7.61. The van der Waals surface area contributed by atoms with Gasteiger partial charge in [0.2, 0.25) is 0 Å². The number of carbonyl (C=O) groups is 1. The van der Waals surface area contributed by atoms with Gasteiger partial charge in [0, 0.05) is 5.69 Å². The van der Waals surface area contributed by atoms with Gasteiger partial charge >= 0.3 is 5.97 Å². The molecule has 1 atom stereocenters. The maximum absolute atomic E-state index is 10.9. The number of anilines is 1. The lowest BCUT2D eigenvalue weighted by Gasteiger charge is -2.20. The molecule has 0 saturated carbocycles. The highest BCUT2D eigenvalue weighted by atomic mass is 32.2. The molecule has 2 aromatic carbocycles. The second-order valence-corrected chi connectivity index (χ2v) is 5.62. The average Bonchev–Trinajstić information content (AvgIpc) is 2.53. The van der Waals surface area contributed by atoms with E-state index in [9.17, 15) is 9.90 Å². The molecule has 0 aliphatic rings. The summed E-state index contributed by atoms with van der Waals surface area (Å²) in [6.07, 6.45) is 0. The van der Waals surface area contributed by atoms with E-state index in [0.29, 0.717) is 5.75 Å². The number of carboxylic acids is 1. The summed E-state index contributed by atoms with van der Waals surface area (Å²) in [5.41, 5.74) is 1.71. The number of ether oxygens (including phenoxy) is 1. The third kappa shape index (κ3) is 4.33. The lowest BCUT2D eigenvalue weighted by molar-refractivity contribution is -0.133. The van der Waals surface area contributed by atoms with Crippen LogP contribution in [0.5, 0.6) is 11.5 Å². The molecule has 5 nitrogen and oxygen atoms in total. The Labute approximate surface area is 132 Å². The minimum Gasteiger partial charge on any atom is -0.504 e. The Morgan fingerprint density at radius 1 is 1.27 bits per heavy atom. The monoisotopic (exact) mass is 319 g/mol. The van der Waals surface area contributed by atoms with Gasteiger partial charge < -0.3 is 20.3 Å². The van der Waals surface area contributed by atoms with Crippen molar-refractivity contribution < 1.29 is 19.7 Å². The minimum atomic E-state index is -0.879. The van der Waals surface area contributed by atoms with Gasteiger partial charge in [-0.2, -0.15) is 0 Å². The van der Waals surface area contributed by atoms with E-state index in [2.05, 4.69) is 5.32 Å². The molecule has 0 saturated heterocycles. The van der Waals surface area contributed by atoms with Crippen LogP contribution in [0.4, 0.5) is 5.69 Å². The number of hydrogen-bond donors (Lipinski definition) is 3. The summed E-state index contributed by atoms with van der Waals surface area (Å²) in [6, 6.07) is 14.5. The molecule has 1 unspecified atom stereocenters. The minimum absolute atomic E-state index is 0.0340. The third-order valence-corrected chi connectivity index (χ3v) is 4.09. The standard InChI is InChI=1S/C16H17NO4S/c1-21-14-9-11(7-8-13(14)18)16(22-10-15(19)20)17-12-5-3-2-4-6-12/h2-9,16-18H,10H2,1H3,(H,19,20). The van der Waals surface area contributed by atoms with Crippen LogP contribution in [-0.2, 0) is 4.79 Å². The molecule has 2 rings (SSSR count). The van der Waals surface area contributed by atoms with Gasteiger partial charge in [-0.15, -0.1) is 11.8 Å². The van der Waals surface area contributed by atoms with E-state index in [1.54, 1.807) is 12.1 Å². The molecule has 0 spiro atoms. The lowest BCUT2D eigenvalue weighted by atomic mass is 10.2. The largest absolute Gasteiger partial charge is 0.504 e. The Kier molecular flexibility index (Phi) is 5.55. The van der Waals surface area contributed by atoms with E-state index in [1.165, 1.54) is 24.9 Å². The maximum atomic E-state index is 10.9. The first kappa shape index (κ1) is 16.0. The molecule has 0 aromatic heterocycles. The number of phenolic OH excluding ortho intramolecular Hbond substituents is 1. The normalized spacial score (nSPS) is 11.7. The third-order valence-electron chi connectivity index (χ3n) is 2.95. The summed E-state index contributed by atoms with van der Waals surface area (Å²) < 4.78 is 5.11. The van der Waals surface area contributed by atoms with E-state index < -0.39 is 5.97 Å². The molecule has 0 heterocycles. The van der Waals surface area contributed by atoms with Crippen LogP contribution in [0.2, 0.25) is 0 Å². The Morgan fingerprint density at radius 3 is 2.64 bits per heavy atom. The Bertz CT molecular complexity index is 633. The van der Waals surface area contributed by atoms with Crippen LogP contribution >= 0.6 is 11.8 Å². The van der Waals surface area contributed by atoms with Crippen LogP contribution in [0.1, 0.15) is 10.9 Å². The van der Waals surface area contributed by atoms with Crippen molar-refractivity contribution in [1.82, 2.24) is 0 Å². The van der Waals surface area contributed by atoms with Crippen molar-refractivity contribution in [3.63, 3.8) is 0 Å². The van der Waals surface area contributed by atoms with Gasteiger partial charge in [-0.05, 0) is 29.8 Å². The van der Waals surface area contributed by atoms with Crippen LogP contribution in [0.15, 0.2) is 48.5 Å². The summed E-state index contributed by atoms with van der Waals surface area (Å²) in [5, 5.41) is 21.6. The highest BCUT2D eigenvalue weighted by Crippen LogP contribution is 2.35. The van der Waals surface area contributed by atoms with E-state index in [-0.39, 0.29) is 16.9 Å². The molecule has 3 N–H and O–H groups in total. The first-order chi connectivity index (χ1) is 10.6. The van der Waals surface area contributed by atoms with Gasteiger partial charge in [-0.1, -0.05) is 24.3 Å². The number of phenols is 1. The topological polar surface area (TPSA) is 78.8 Å². The van der Waals surface area contributed by atoms with Crippen molar-refractivity contribution in [3.8, 4) is 11.5 Å². The molecule has 116 valence electrons. The molecule has 2 aromatic rings. The predicted octanol–water partition coefficient (Wildman–Crippen LogP) is 3.33. The average molecular weight is 319 g/mol. The van der Waals surface area contributed by atoms with Gasteiger partial charge in [0.25, 0.3) is 0 Å².